The number of halogens is 1. The first kappa shape index (κ1) is 21.1. The lowest BCUT2D eigenvalue weighted by atomic mass is 10.1. The van der Waals surface area contributed by atoms with Crippen LogP contribution in [0.5, 0.6) is 0 Å². The second-order valence-electron chi connectivity index (χ2n) is 8.18. The number of carbonyl (C=O) groups excluding carboxylic acids is 1. The average molecular weight is 456 g/mol. The van der Waals surface area contributed by atoms with E-state index in [1.54, 1.807) is 10.8 Å². The first-order valence-corrected chi connectivity index (χ1v) is 11.3. The summed E-state index contributed by atoms with van der Waals surface area (Å²) in [5, 5.41) is 13.1. The Hall–Kier alpha value is -2.75. The predicted molar refractivity (Wildman–Crippen MR) is 121 cm³/mol. The molecule has 0 spiro atoms. The fourth-order valence-electron chi connectivity index (χ4n) is 4.19. The second-order valence-corrected chi connectivity index (χ2v) is 8.59. The number of fused-ring (bicyclic) bond motifs is 1. The Bertz CT molecular complexity index is 1090. The Balaban J connectivity index is 1.15. The molecule has 5 rings (SSSR count). The summed E-state index contributed by atoms with van der Waals surface area (Å²) in [4.78, 5) is 19.3. The van der Waals surface area contributed by atoms with Crippen LogP contribution in [0.25, 0.3) is 5.65 Å². The summed E-state index contributed by atoms with van der Waals surface area (Å²) >= 11 is 6.53. The summed E-state index contributed by atoms with van der Waals surface area (Å²) in [6, 6.07) is 9.85. The number of rotatable bonds is 5. The summed E-state index contributed by atoms with van der Waals surface area (Å²) in [7, 11) is 0. The van der Waals surface area contributed by atoms with Crippen LogP contribution in [0.4, 0.5) is 5.82 Å². The van der Waals surface area contributed by atoms with Gasteiger partial charge >= 0.3 is 0 Å². The third kappa shape index (κ3) is 4.69. The summed E-state index contributed by atoms with van der Waals surface area (Å²) in [5.41, 5.74) is 2.76. The van der Waals surface area contributed by atoms with Crippen LogP contribution in [0.15, 0.2) is 36.7 Å². The third-order valence-corrected chi connectivity index (χ3v) is 6.43. The van der Waals surface area contributed by atoms with E-state index in [-0.39, 0.29) is 5.91 Å². The van der Waals surface area contributed by atoms with Crippen LogP contribution in [-0.2, 0) is 22.5 Å². The van der Waals surface area contributed by atoms with Crippen molar-refractivity contribution in [2.24, 2.45) is 0 Å². The van der Waals surface area contributed by atoms with Crippen molar-refractivity contribution < 1.29 is 9.53 Å². The highest BCUT2D eigenvalue weighted by Crippen LogP contribution is 2.21. The Kier molecular flexibility index (Phi) is 6.20. The molecule has 0 radical (unpaired) electrons. The first-order valence-electron chi connectivity index (χ1n) is 10.9. The van der Waals surface area contributed by atoms with E-state index < -0.39 is 0 Å². The van der Waals surface area contributed by atoms with Gasteiger partial charge in [-0.2, -0.15) is 4.52 Å². The molecule has 1 amide bonds. The van der Waals surface area contributed by atoms with Crippen LogP contribution in [0.1, 0.15) is 11.1 Å². The van der Waals surface area contributed by atoms with Gasteiger partial charge in [-0.1, -0.05) is 23.7 Å². The number of nitrogens with zero attached hydrogens (tertiary/aromatic N) is 7. The summed E-state index contributed by atoms with van der Waals surface area (Å²) in [6.45, 7) is 7.01. The molecule has 1 aromatic carbocycles. The van der Waals surface area contributed by atoms with E-state index >= 15 is 0 Å². The van der Waals surface area contributed by atoms with E-state index in [9.17, 15) is 4.79 Å². The van der Waals surface area contributed by atoms with Crippen molar-refractivity contribution in [2.75, 3.05) is 57.4 Å². The number of morpholine rings is 1. The van der Waals surface area contributed by atoms with Crippen LogP contribution < -0.4 is 4.90 Å². The van der Waals surface area contributed by atoms with Gasteiger partial charge in [-0.25, -0.2) is 0 Å². The zero-order valence-electron chi connectivity index (χ0n) is 17.9. The molecule has 0 atom stereocenters. The number of hydrogen-bond acceptors (Lipinski definition) is 7. The van der Waals surface area contributed by atoms with E-state index in [1.165, 1.54) is 0 Å². The highest BCUT2D eigenvalue weighted by Gasteiger charge is 2.23. The number of ether oxygens (including phenoxy) is 1. The number of carbonyl (C=O) groups is 1. The molecule has 32 heavy (non-hydrogen) atoms. The van der Waals surface area contributed by atoms with Crippen LogP contribution in [0, 0.1) is 0 Å². The maximum absolute atomic E-state index is 12.9. The van der Waals surface area contributed by atoms with E-state index in [4.69, 9.17) is 16.3 Å². The van der Waals surface area contributed by atoms with Crippen molar-refractivity contribution >= 4 is 29.0 Å². The molecule has 9 nitrogen and oxygen atoms in total. The fourth-order valence-corrected chi connectivity index (χ4v) is 4.45. The monoisotopic (exact) mass is 455 g/mol. The minimum absolute atomic E-state index is 0.129. The molecular formula is C22H26ClN7O2. The molecule has 0 unspecified atom stereocenters. The lowest BCUT2D eigenvalue weighted by Crippen LogP contribution is -2.49. The van der Waals surface area contributed by atoms with Gasteiger partial charge in [0, 0.05) is 50.8 Å². The Morgan fingerprint density at radius 2 is 1.84 bits per heavy atom. The van der Waals surface area contributed by atoms with Gasteiger partial charge in [0.15, 0.2) is 5.65 Å². The lowest BCUT2D eigenvalue weighted by molar-refractivity contribution is -0.130. The predicted octanol–water partition coefficient (Wildman–Crippen LogP) is 1.50. The van der Waals surface area contributed by atoms with E-state index in [2.05, 4.69) is 25.1 Å². The zero-order chi connectivity index (χ0) is 21.9. The van der Waals surface area contributed by atoms with Gasteiger partial charge in [-0.3, -0.25) is 9.69 Å². The maximum atomic E-state index is 12.9. The lowest BCUT2D eigenvalue weighted by Gasteiger charge is -2.35. The number of benzene rings is 1. The van der Waals surface area contributed by atoms with Crippen LogP contribution in [-0.4, -0.2) is 88.0 Å². The van der Waals surface area contributed by atoms with Crippen LogP contribution >= 0.6 is 11.6 Å². The highest BCUT2D eigenvalue weighted by atomic mass is 35.5. The SMILES string of the molecule is O=C(Cc1ccc(CN2CCOCC2)c(Cl)c1)N1CCN(c2ccc3nncn3n2)CC1. The van der Waals surface area contributed by atoms with Crippen molar-refractivity contribution in [1.29, 1.82) is 0 Å². The van der Waals surface area contributed by atoms with Crippen molar-refractivity contribution in [1.82, 2.24) is 29.6 Å². The van der Waals surface area contributed by atoms with Gasteiger partial charge in [-0.05, 0) is 29.3 Å². The first-order chi connectivity index (χ1) is 15.7. The zero-order valence-corrected chi connectivity index (χ0v) is 18.6. The minimum Gasteiger partial charge on any atom is -0.379 e. The molecule has 2 saturated heterocycles. The van der Waals surface area contributed by atoms with E-state index in [0.717, 1.165) is 73.6 Å². The minimum atomic E-state index is 0.129. The summed E-state index contributed by atoms with van der Waals surface area (Å²) in [6.07, 6.45) is 1.96. The molecule has 2 aliphatic heterocycles. The Labute approximate surface area is 191 Å². The number of hydrogen-bond donors (Lipinski definition) is 0. The molecule has 4 heterocycles. The topological polar surface area (TPSA) is 79.1 Å². The fraction of sp³-hybridized carbons (Fsp3) is 0.455. The molecule has 2 aliphatic rings. The molecule has 3 aromatic rings. The molecule has 10 heteroatoms. The van der Waals surface area contributed by atoms with Crippen LogP contribution in [0.3, 0.4) is 0 Å². The van der Waals surface area contributed by atoms with Gasteiger partial charge in [0.1, 0.15) is 12.1 Å². The Morgan fingerprint density at radius 1 is 1.03 bits per heavy atom. The highest BCUT2D eigenvalue weighted by molar-refractivity contribution is 6.31. The molecular weight excluding hydrogens is 430 g/mol. The molecule has 168 valence electrons. The summed E-state index contributed by atoms with van der Waals surface area (Å²) in [5.74, 6) is 0.996. The number of amides is 1. The molecule has 0 saturated carbocycles. The smallest absolute Gasteiger partial charge is 0.227 e. The number of anilines is 1. The number of aromatic nitrogens is 4. The van der Waals surface area contributed by atoms with Gasteiger partial charge in [0.2, 0.25) is 5.91 Å². The van der Waals surface area contributed by atoms with Crippen LogP contribution in [0.2, 0.25) is 5.02 Å². The summed E-state index contributed by atoms with van der Waals surface area (Å²) < 4.78 is 7.07. The molecule has 2 aromatic heterocycles. The number of piperazine rings is 1. The van der Waals surface area contributed by atoms with Gasteiger partial charge < -0.3 is 14.5 Å². The van der Waals surface area contributed by atoms with E-state index in [1.807, 2.05) is 35.2 Å². The standard InChI is InChI=1S/C22H26ClN7O2/c23-19-13-17(1-2-18(19)15-27-9-11-32-12-10-27)14-22(31)29-7-5-28(6-8-29)21-4-3-20-25-24-16-30(20)26-21/h1-4,13,16H,5-12,14-15H2. The maximum Gasteiger partial charge on any atom is 0.227 e. The van der Waals surface area contributed by atoms with Crippen molar-refractivity contribution in [3.8, 4) is 0 Å². The van der Waals surface area contributed by atoms with Crippen molar-refractivity contribution in [3.05, 3.63) is 52.8 Å². The third-order valence-electron chi connectivity index (χ3n) is 6.07. The van der Waals surface area contributed by atoms with Gasteiger partial charge in [0.25, 0.3) is 0 Å². The average Bonchev–Trinajstić information content (AvgIpc) is 3.30. The normalized spacial score (nSPS) is 17.8. The largest absolute Gasteiger partial charge is 0.379 e. The Morgan fingerprint density at radius 3 is 2.62 bits per heavy atom. The van der Waals surface area contributed by atoms with Gasteiger partial charge in [-0.15, -0.1) is 15.3 Å². The van der Waals surface area contributed by atoms with E-state index in [0.29, 0.717) is 19.5 Å². The molecule has 0 aliphatic carbocycles. The second kappa shape index (κ2) is 9.40. The van der Waals surface area contributed by atoms with Crippen molar-refractivity contribution in [2.45, 2.75) is 13.0 Å². The molecule has 2 fully saturated rings. The molecule has 0 N–H and O–H groups in total. The quantitative estimate of drug-likeness (QED) is 0.576. The molecule has 0 bridgehead atoms. The van der Waals surface area contributed by atoms with Crippen molar-refractivity contribution in [3.63, 3.8) is 0 Å². The van der Waals surface area contributed by atoms with Gasteiger partial charge in [0.05, 0.1) is 19.6 Å².